The molecule has 1 rings (SSSR count). The van der Waals surface area contributed by atoms with E-state index in [-0.39, 0.29) is 0 Å². The zero-order chi connectivity index (χ0) is 15.0. The van der Waals surface area contributed by atoms with Crippen molar-refractivity contribution in [3.05, 3.63) is 42.0 Å². The second-order valence-corrected chi connectivity index (χ2v) is 6.14. The number of rotatable bonds is 13. The topological polar surface area (TPSA) is 0 Å². The summed E-state index contributed by atoms with van der Waals surface area (Å²) in [4.78, 5) is 0. The molecule has 0 amide bonds. The van der Waals surface area contributed by atoms with Gasteiger partial charge < -0.3 is 0 Å². The van der Waals surface area contributed by atoms with Gasteiger partial charge in [0.05, 0.1) is 0 Å². The van der Waals surface area contributed by atoms with Crippen LogP contribution in [-0.4, -0.2) is 0 Å². The van der Waals surface area contributed by atoms with Crippen molar-refractivity contribution in [3.63, 3.8) is 0 Å². The van der Waals surface area contributed by atoms with E-state index < -0.39 is 0 Å². The molecule has 0 aliphatic heterocycles. The van der Waals surface area contributed by atoms with E-state index in [0.29, 0.717) is 0 Å². The number of allylic oxidation sites excluding steroid dienone is 1. The number of hydrogen-bond donors (Lipinski definition) is 0. The SMILES string of the molecule is CCCCCCCCCCCCCC=Cc1ccccc1. The molecule has 0 atom stereocenters. The van der Waals surface area contributed by atoms with Gasteiger partial charge in [-0.25, -0.2) is 0 Å². The van der Waals surface area contributed by atoms with Crippen molar-refractivity contribution in [2.24, 2.45) is 0 Å². The average molecular weight is 287 g/mol. The molecule has 0 saturated carbocycles. The monoisotopic (exact) mass is 286 g/mol. The highest BCUT2D eigenvalue weighted by molar-refractivity contribution is 5.48. The van der Waals surface area contributed by atoms with Gasteiger partial charge in [0.2, 0.25) is 0 Å². The molecular weight excluding hydrogens is 252 g/mol. The van der Waals surface area contributed by atoms with Crippen molar-refractivity contribution in [2.45, 2.75) is 84.0 Å². The van der Waals surface area contributed by atoms with Gasteiger partial charge in [0.1, 0.15) is 0 Å². The van der Waals surface area contributed by atoms with Crippen molar-refractivity contribution < 1.29 is 0 Å². The molecule has 0 unspecified atom stereocenters. The van der Waals surface area contributed by atoms with Crippen LogP contribution in [0.3, 0.4) is 0 Å². The van der Waals surface area contributed by atoms with E-state index in [1.54, 1.807) is 0 Å². The molecule has 118 valence electrons. The lowest BCUT2D eigenvalue weighted by atomic mass is 10.1. The molecule has 1 aromatic carbocycles. The minimum atomic E-state index is 1.23. The van der Waals surface area contributed by atoms with Gasteiger partial charge in [0.25, 0.3) is 0 Å². The van der Waals surface area contributed by atoms with Crippen molar-refractivity contribution in [3.8, 4) is 0 Å². The molecule has 0 spiro atoms. The smallest absolute Gasteiger partial charge is 0.0260 e. The molecule has 0 N–H and O–H groups in total. The summed E-state index contributed by atoms with van der Waals surface area (Å²) in [6.07, 6.45) is 21.5. The number of hydrogen-bond acceptors (Lipinski definition) is 0. The van der Waals surface area contributed by atoms with Gasteiger partial charge in [0, 0.05) is 0 Å². The van der Waals surface area contributed by atoms with E-state index in [9.17, 15) is 0 Å². The van der Waals surface area contributed by atoms with Crippen LogP contribution in [0.1, 0.15) is 89.5 Å². The lowest BCUT2D eigenvalue weighted by Gasteiger charge is -2.01. The summed E-state index contributed by atoms with van der Waals surface area (Å²) >= 11 is 0. The first-order valence-electron chi connectivity index (χ1n) is 9.15. The van der Waals surface area contributed by atoms with Crippen molar-refractivity contribution >= 4 is 6.08 Å². The predicted molar refractivity (Wildman–Crippen MR) is 96.6 cm³/mol. The summed E-state index contributed by atoms with van der Waals surface area (Å²) in [5.41, 5.74) is 1.32. The summed E-state index contributed by atoms with van der Waals surface area (Å²) in [6.45, 7) is 2.29. The molecule has 0 radical (unpaired) electrons. The minimum absolute atomic E-state index is 1.23. The fourth-order valence-electron chi connectivity index (χ4n) is 2.71. The Kier molecular flexibility index (Phi) is 11.9. The maximum absolute atomic E-state index is 2.32. The van der Waals surface area contributed by atoms with Crippen LogP contribution >= 0.6 is 0 Å². The predicted octanol–water partition coefficient (Wildman–Crippen LogP) is 7.40. The highest BCUT2D eigenvalue weighted by atomic mass is 14.0. The van der Waals surface area contributed by atoms with Gasteiger partial charge in [0.15, 0.2) is 0 Å². The lowest BCUT2D eigenvalue weighted by Crippen LogP contribution is -1.82. The minimum Gasteiger partial charge on any atom is -0.0839 e. The molecule has 0 saturated heterocycles. The highest BCUT2D eigenvalue weighted by Gasteiger charge is 1.92. The maximum Gasteiger partial charge on any atom is -0.0260 e. The molecular formula is C21H34. The third-order valence-electron chi connectivity index (χ3n) is 4.08. The quantitative estimate of drug-likeness (QED) is 0.331. The first kappa shape index (κ1) is 18.0. The van der Waals surface area contributed by atoms with E-state index in [1.807, 2.05) is 0 Å². The summed E-state index contributed by atoms with van der Waals surface area (Å²) in [5, 5.41) is 0. The van der Waals surface area contributed by atoms with E-state index >= 15 is 0 Å². The Labute approximate surface area is 132 Å². The molecule has 0 heterocycles. The molecule has 0 nitrogen and oxygen atoms in total. The summed E-state index contributed by atoms with van der Waals surface area (Å²) < 4.78 is 0. The van der Waals surface area contributed by atoms with E-state index in [0.717, 1.165) is 0 Å². The second kappa shape index (κ2) is 13.9. The third-order valence-corrected chi connectivity index (χ3v) is 4.08. The van der Waals surface area contributed by atoms with Gasteiger partial charge in [-0.15, -0.1) is 0 Å². The maximum atomic E-state index is 2.32. The van der Waals surface area contributed by atoms with Crippen LogP contribution in [0.25, 0.3) is 6.08 Å². The third kappa shape index (κ3) is 11.3. The van der Waals surface area contributed by atoms with Gasteiger partial charge in [-0.3, -0.25) is 0 Å². The van der Waals surface area contributed by atoms with Crippen LogP contribution in [0, 0.1) is 0 Å². The fraction of sp³-hybridized carbons (Fsp3) is 0.619. The Morgan fingerprint density at radius 3 is 1.76 bits per heavy atom. The zero-order valence-electron chi connectivity index (χ0n) is 14.0. The Balaban J connectivity index is 1.82. The van der Waals surface area contributed by atoms with Gasteiger partial charge in [-0.05, 0) is 18.4 Å². The van der Waals surface area contributed by atoms with Crippen LogP contribution in [0.5, 0.6) is 0 Å². The zero-order valence-corrected chi connectivity index (χ0v) is 14.0. The summed E-state index contributed by atoms with van der Waals surface area (Å²) in [5.74, 6) is 0. The van der Waals surface area contributed by atoms with Crippen molar-refractivity contribution in [2.75, 3.05) is 0 Å². The fourth-order valence-corrected chi connectivity index (χ4v) is 2.71. The molecule has 21 heavy (non-hydrogen) atoms. The lowest BCUT2D eigenvalue weighted by molar-refractivity contribution is 0.550. The Morgan fingerprint density at radius 1 is 0.667 bits per heavy atom. The average Bonchev–Trinajstić information content (AvgIpc) is 2.53. The Hall–Kier alpha value is -1.04. The Morgan fingerprint density at radius 2 is 1.19 bits per heavy atom. The molecule has 0 bridgehead atoms. The molecule has 0 heteroatoms. The van der Waals surface area contributed by atoms with Gasteiger partial charge in [-0.1, -0.05) is 114 Å². The van der Waals surface area contributed by atoms with Crippen molar-refractivity contribution in [1.29, 1.82) is 0 Å². The van der Waals surface area contributed by atoms with Crippen molar-refractivity contribution in [1.82, 2.24) is 0 Å². The molecule has 1 aromatic rings. The van der Waals surface area contributed by atoms with Crippen LogP contribution < -0.4 is 0 Å². The largest absolute Gasteiger partial charge is 0.0839 e. The normalized spacial score (nSPS) is 11.3. The van der Waals surface area contributed by atoms with Crippen LogP contribution in [0.2, 0.25) is 0 Å². The summed E-state index contributed by atoms with van der Waals surface area (Å²) in [6, 6.07) is 10.6. The van der Waals surface area contributed by atoms with Gasteiger partial charge >= 0.3 is 0 Å². The van der Waals surface area contributed by atoms with E-state index in [1.165, 1.54) is 82.6 Å². The molecule has 0 aliphatic carbocycles. The first-order chi connectivity index (χ1) is 10.4. The second-order valence-electron chi connectivity index (χ2n) is 6.14. The van der Waals surface area contributed by atoms with Crippen LogP contribution in [-0.2, 0) is 0 Å². The Bertz CT molecular complexity index is 336. The highest BCUT2D eigenvalue weighted by Crippen LogP contribution is 2.12. The van der Waals surface area contributed by atoms with E-state index in [4.69, 9.17) is 0 Å². The molecule has 0 fully saturated rings. The summed E-state index contributed by atoms with van der Waals surface area (Å²) in [7, 11) is 0. The number of benzene rings is 1. The van der Waals surface area contributed by atoms with Crippen LogP contribution in [0.15, 0.2) is 36.4 Å². The number of unbranched alkanes of at least 4 members (excludes halogenated alkanes) is 11. The van der Waals surface area contributed by atoms with Gasteiger partial charge in [-0.2, -0.15) is 0 Å². The standard InChI is InChI=1S/C21H34/c1-2-3-4-5-6-7-8-9-10-11-12-13-15-18-21-19-16-14-17-20-21/h14-20H,2-13H2,1H3. The first-order valence-corrected chi connectivity index (χ1v) is 9.15. The molecule has 0 aromatic heterocycles. The van der Waals surface area contributed by atoms with Crippen LogP contribution in [0.4, 0.5) is 0 Å². The molecule has 0 aliphatic rings. The van der Waals surface area contributed by atoms with E-state index in [2.05, 4.69) is 49.4 Å².